The molecule has 0 fully saturated rings. The molecule has 6 nitrogen and oxygen atoms in total. The third-order valence-electron chi connectivity index (χ3n) is 4.44. The summed E-state index contributed by atoms with van der Waals surface area (Å²) in [5.41, 5.74) is -0.465. The molecule has 0 aliphatic carbocycles. The number of ether oxygens (including phenoxy) is 4. The highest BCUT2D eigenvalue weighted by molar-refractivity contribution is 5.74. The van der Waals surface area contributed by atoms with Crippen LogP contribution < -0.4 is 9.47 Å². The standard InChI is InChI=1S/C24H21F4NO5/c1-16(23(30)32-13-12-31-15-17-4-2-3-5-21(17)25)33-19-7-9-20(10-8-19)34-22-11-6-18(14-29-22)24(26,27)28/h2-11,14,16H,12-13,15H2,1H3. The molecule has 1 heterocycles. The summed E-state index contributed by atoms with van der Waals surface area (Å²) < 4.78 is 72.6. The summed E-state index contributed by atoms with van der Waals surface area (Å²) in [7, 11) is 0. The molecule has 34 heavy (non-hydrogen) atoms. The van der Waals surface area contributed by atoms with Crippen LogP contribution in [0, 0.1) is 5.82 Å². The number of carbonyl (C=O) groups excluding carboxylic acids is 1. The first-order chi connectivity index (χ1) is 16.2. The highest BCUT2D eigenvalue weighted by Crippen LogP contribution is 2.30. The number of pyridine rings is 1. The Labute approximate surface area is 193 Å². The second-order valence-electron chi connectivity index (χ2n) is 7.03. The third kappa shape index (κ3) is 7.45. The number of carbonyl (C=O) groups is 1. The van der Waals surface area contributed by atoms with E-state index in [9.17, 15) is 22.4 Å². The molecule has 0 spiro atoms. The van der Waals surface area contributed by atoms with E-state index >= 15 is 0 Å². The number of alkyl halides is 3. The molecule has 0 aliphatic rings. The fourth-order valence-corrected chi connectivity index (χ4v) is 2.68. The van der Waals surface area contributed by atoms with Crippen LogP contribution in [0.25, 0.3) is 0 Å². The van der Waals surface area contributed by atoms with Crippen molar-refractivity contribution in [2.75, 3.05) is 13.2 Å². The lowest BCUT2D eigenvalue weighted by molar-refractivity contribution is -0.152. The van der Waals surface area contributed by atoms with Gasteiger partial charge in [-0.2, -0.15) is 13.2 Å². The van der Waals surface area contributed by atoms with Gasteiger partial charge in [0, 0.05) is 17.8 Å². The molecular formula is C24H21F4NO5. The average molecular weight is 479 g/mol. The van der Waals surface area contributed by atoms with Gasteiger partial charge in [0.25, 0.3) is 0 Å². The molecule has 0 radical (unpaired) electrons. The Kier molecular flexibility index (Phi) is 8.42. The maximum atomic E-state index is 13.5. The number of aromatic nitrogens is 1. The number of hydrogen-bond donors (Lipinski definition) is 0. The van der Waals surface area contributed by atoms with Crippen molar-refractivity contribution in [3.05, 3.63) is 83.8 Å². The highest BCUT2D eigenvalue weighted by atomic mass is 19.4. The lowest BCUT2D eigenvalue weighted by Crippen LogP contribution is -2.27. The zero-order chi connectivity index (χ0) is 24.6. The lowest BCUT2D eigenvalue weighted by atomic mass is 10.2. The van der Waals surface area contributed by atoms with Gasteiger partial charge >= 0.3 is 12.1 Å². The van der Waals surface area contributed by atoms with E-state index in [2.05, 4.69) is 4.98 Å². The quantitative estimate of drug-likeness (QED) is 0.216. The van der Waals surface area contributed by atoms with Crippen LogP contribution in [-0.2, 0) is 27.1 Å². The number of esters is 1. The number of rotatable bonds is 10. The molecule has 1 unspecified atom stereocenters. The van der Waals surface area contributed by atoms with Crippen molar-refractivity contribution in [2.24, 2.45) is 0 Å². The lowest BCUT2D eigenvalue weighted by Gasteiger charge is -2.14. The fourth-order valence-electron chi connectivity index (χ4n) is 2.68. The van der Waals surface area contributed by atoms with Crippen LogP contribution in [-0.4, -0.2) is 30.3 Å². The van der Waals surface area contributed by atoms with E-state index in [-0.39, 0.29) is 31.5 Å². The summed E-state index contributed by atoms with van der Waals surface area (Å²) in [6, 6.07) is 14.3. The largest absolute Gasteiger partial charge is 0.479 e. The van der Waals surface area contributed by atoms with Gasteiger partial charge in [-0.05, 0) is 43.3 Å². The van der Waals surface area contributed by atoms with Crippen LogP contribution in [0.15, 0.2) is 66.9 Å². The molecule has 10 heteroatoms. The zero-order valence-electron chi connectivity index (χ0n) is 18.0. The van der Waals surface area contributed by atoms with Crippen LogP contribution in [0.5, 0.6) is 17.4 Å². The van der Waals surface area contributed by atoms with Crippen molar-refractivity contribution in [1.29, 1.82) is 0 Å². The molecule has 0 aliphatic heterocycles. The predicted molar refractivity (Wildman–Crippen MR) is 113 cm³/mol. The Morgan fingerprint density at radius 1 is 0.971 bits per heavy atom. The van der Waals surface area contributed by atoms with Gasteiger partial charge in [0.2, 0.25) is 5.88 Å². The smallest absolute Gasteiger partial charge is 0.417 e. The summed E-state index contributed by atoms with van der Waals surface area (Å²) in [4.78, 5) is 15.7. The van der Waals surface area contributed by atoms with Gasteiger partial charge in [-0.25, -0.2) is 14.2 Å². The van der Waals surface area contributed by atoms with Crippen LogP contribution in [0.2, 0.25) is 0 Å². The second-order valence-corrected chi connectivity index (χ2v) is 7.03. The first kappa shape index (κ1) is 25.0. The van der Waals surface area contributed by atoms with Crippen LogP contribution in [0.1, 0.15) is 18.1 Å². The predicted octanol–water partition coefficient (Wildman–Crippen LogP) is 5.56. The Balaban J connectivity index is 1.40. The van der Waals surface area contributed by atoms with E-state index in [0.29, 0.717) is 23.3 Å². The molecule has 0 N–H and O–H groups in total. The van der Waals surface area contributed by atoms with Crippen molar-refractivity contribution in [3.63, 3.8) is 0 Å². The van der Waals surface area contributed by atoms with Gasteiger partial charge in [0.05, 0.1) is 18.8 Å². The molecular weight excluding hydrogens is 458 g/mol. The monoisotopic (exact) mass is 479 g/mol. The average Bonchev–Trinajstić information content (AvgIpc) is 2.81. The molecule has 180 valence electrons. The number of halogens is 4. The molecule has 1 atom stereocenters. The third-order valence-corrected chi connectivity index (χ3v) is 4.44. The van der Waals surface area contributed by atoms with Crippen molar-refractivity contribution in [1.82, 2.24) is 4.98 Å². The minimum Gasteiger partial charge on any atom is -0.479 e. The first-order valence-corrected chi connectivity index (χ1v) is 10.2. The van der Waals surface area contributed by atoms with E-state index in [4.69, 9.17) is 18.9 Å². The van der Waals surface area contributed by atoms with Crippen LogP contribution in [0.3, 0.4) is 0 Å². The number of hydrogen-bond acceptors (Lipinski definition) is 6. The summed E-state index contributed by atoms with van der Waals surface area (Å²) in [6.45, 7) is 1.65. The van der Waals surface area contributed by atoms with E-state index < -0.39 is 23.8 Å². The Hall–Kier alpha value is -3.66. The minimum atomic E-state index is -4.48. The van der Waals surface area contributed by atoms with Crippen LogP contribution in [0.4, 0.5) is 17.6 Å². The van der Waals surface area contributed by atoms with Gasteiger partial charge < -0.3 is 18.9 Å². The number of nitrogens with zero attached hydrogens (tertiary/aromatic N) is 1. The maximum Gasteiger partial charge on any atom is 0.417 e. The first-order valence-electron chi connectivity index (χ1n) is 10.2. The van der Waals surface area contributed by atoms with E-state index in [0.717, 1.165) is 12.1 Å². The molecule has 2 aromatic carbocycles. The van der Waals surface area contributed by atoms with Gasteiger partial charge in [-0.3, -0.25) is 0 Å². The van der Waals surface area contributed by atoms with Gasteiger partial charge in [-0.1, -0.05) is 18.2 Å². The summed E-state index contributed by atoms with van der Waals surface area (Å²) in [5.74, 6) is -0.303. The normalized spacial score (nSPS) is 12.1. The summed E-state index contributed by atoms with van der Waals surface area (Å²) in [6.07, 6.45) is -4.70. The zero-order valence-corrected chi connectivity index (χ0v) is 18.0. The van der Waals surface area contributed by atoms with Crippen molar-refractivity contribution in [2.45, 2.75) is 25.8 Å². The fraction of sp³-hybridized carbons (Fsp3) is 0.250. The van der Waals surface area contributed by atoms with Gasteiger partial charge in [0.15, 0.2) is 6.10 Å². The molecule has 0 bridgehead atoms. The van der Waals surface area contributed by atoms with Gasteiger partial charge in [-0.15, -0.1) is 0 Å². The summed E-state index contributed by atoms with van der Waals surface area (Å²) in [5, 5.41) is 0. The number of benzene rings is 2. The minimum absolute atomic E-state index is 0.00386. The van der Waals surface area contributed by atoms with Crippen molar-refractivity contribution in [3.8, 4) is 17.4 Å². The molecule has 0 amide bonds. The Morgan fingerprint density at radius 2 is 1.68 bits per heavy atom. The molecule has 3 rings (SSSR count). The van der Waals surface area contributed by atoms with Crippen molar-refractivity contribution >= 4 is 5.97 Å². The topological polar surface area (TPSA) is 66.9 Å². The van der Waals surface area contributed by atoms with Gasteiger partial charge in [0.1, 0.15) is 23.9 Å². The van der Waals surface area contributed by atoms with E-state index in [1.165, 1.54) is 37.3 Å². The second kappa shape index (κ2) is 11.5. The molecule has 0 saturated heterocycles. The SMILES string of the molecule is CC(Oc1ccc(Oc2ccc(C(F)(F)F)cn2)cc1)C(=O)OCCOCc1ccccc1F. The summed E-state index contributed by atoms with van der Waals surface area (Å²) >= 11 is 0. The van der Waals surface area contributed by atoms with E-state index in [1.807, 2.05) is 0 Å². The highest BCUT2D eigenvalue weighted by Gasteiger charge is 2.30. The Morgan fingerprint density at radius 3 is 2.32 bits per heavy atom. The van der Waals surface area contributed by atoms with Crippen LogP contribution >= 0.6 is 0 Å². The molecule has 0 saturated carbocycles. The maximum absolute atomic E-state index is 13.5. The van der Waals surface area contributed by atoms with E-state index in [1.54, 1.807) is 18.2 Å². The molecule has 1 aromatic heterocycles. The van der Waals surface area contributed by atoms with Crippen molar-refractivity contribution < 1.29 is 41.3 Å². The molecule has 3 aromatic rings. The Bertz CT molecular complexity index is 1070.